The van der Waals surface area contributed by atoms with E-state index in [2.05, 4.69) is 22.0 Å². The SMILES string of the molecule is CN(C)C(=O)N1CCC2(CCCN(Cc3ccccn3)C2)C1.O=C(O)C(F)(F)F.O=C(O)C(F)(F)F. The summed E-state index contributed by atoms with van der Waals surface area (Å²) in [5.41, 5.74) is 1.43. The Morgan fingerprint density at radius 2 is 1.53 bits per heavy atom. The highest BCUT2D eigenvalue weighted by molar-refractivity contribution is 5.74. The molecule has 1 spiro atoms. The Balaban J connectivity index is 0.000000383. The van der Waals surface area contributed by atoms with Crippen molar-refractivity contribution < 1.29 is 50.9 Å². The summed E-state index contributed by atoms with van der Waals surface area (Å²) in [5.74, 6) is -5.51. The quantitative estimate of drug-likeness (QED) is 0.564. The number of likely N-dealkylation sites (tertiary alicyclic amines) is 2. The lowest BCUT2D eigenvalue weighted by atomic mass is 9.79. The molecule has 36 heavy (non-hydrogen) atoms. The van der Waals surface area contributed by atoms with E-state index in [0.717, 1.165) is 44.8 Å². The zero-order valence-corrected chi connectivity index (χ0v) is 19.6. The smallest absolute Gasteiger partial charge is 0.475 e. The summed E-state index contributed by atoms with van der Waals surface area (Å²) >= 11 is 0. The predicted octanol–water partition coefficient (Wildman–Crippen LogP) is 3.32. The highest BCUT2D eigenvalue weighted by Crippen LogP contribution is 2.39. The number of urea groups is 1. The maximum Gasteiger partial charge on any atom is 0.490 e. The van der Waals surface area contributed by atoms with E-state index in [-0.39, 0.29) is 6.03 Å². The van der Waals surface area contributed by atoms with Crippen molar-refractivity contribution in [2.75, 3.05) is 40.3 Å². The number of carboxylic acids is 2. The summed E-state index contributed by atoms with van der Waals surface area (Å²) in [6.45, 7) is 4.95. The molecule has 9 nitrogen and oxygen atoms in total. The number of hydrogen-bond acceptors (Lipinski definition) is 5. The number of carboxylic acid groups (broad SMARTS) is 2. The molecule has 3 rings (SSSR count). The molecule has 1 aromatic heterocycles. The van der Waals surface area contributed by atoms with Crippen molar-refractivity contribution in [1.29, 1.82) is 0 Å². The first kappa shape index (κ1) is 30.9. The van der Waals surface area contributed by atoms with Crippen molar-refractivity contribution in [3.8, 4) is 0 Å². The average molecular weight is 530 g/mol. The lowest BCUT2D eigenvalue weighted by molar-refractivity contribution is -0.193. The van der Waals surface area contributed by atoms with Crippen LogP contribution in [0.25, 0.3) is 0 Å². The lowest BCUT2D eigenvalue weighted by Crippen LogP contribution is -2.46. The third-order valence-electron chi connectivity index (χ3n) is 5.43. The van der Waals surface area contributed by atoms with Gasteiger partial charge < -0.3 is 20.0 Å². The van der Waals surface area contributed by atoms with Gasteiger partial charge in [0.15, 0.2) is 0 Å². The number of nitrogens with zero attached hydrogens (tertiary/aromatic N) is 4. The third kappa shape index (κ3) is 10.3. The number of halogens is 6. The van der Waals surface area contributed by atoms with Gasteiger partial charge in [0.2, 0.25) is 0 Å². The molecular weight excluding hydrogens is 502 g/mol. The van der Waals surface area contributed by atoms with Gasteiger partial charge in [0.25, 0.3) is 0 Å². The molecule has 0 aromatic carbocycles. The Kier molecular flexibility index (Phi) is 10.9. The maximum atomic E-state index is 12.2. The highest BCUT2D eigenvalue weighted by Gasteiger charge is 2.43. The fourth-order valence-electron chi connectivity index (χ4n) is 3.88. The van der Waals surface area contributed by atoms with Crippen LogP contribution in [0.2, 0.25) is 0 Å². The second-order valence-corrected chi connectivity index (χ2v) is 8.59. The summed E-state index contributed by atoms with van der Waals surface area (Å²) in [6.07, 6.45) is -4.72. The van der Waals surface area contributed by atoms with Gasteiger partial charge in [-0.3, -0.25) is 9.88 Å². The minimum atomic E-state index is -5.08. The molecule has 1 unspecified atom stereocenters. The van der Waals surface area contributed by atoms with E-state index in [1.54, 1.807) is 4.90 Å². The van der Waals surface area contributed by atoms with Crippen LogP contribution in [-0.4, -0.2) is 100 Å². The number of alkyl halides is 6. The first-order valence-electron chi connectivity index (χ1n) is 10.7. The lowest BCUT2D eigenvalue weighted by Gasteiger charge is -2.40. The van der Waals surface area contributed by atoms with Crippen molar-refractivity contribution in [3.05, 3.63) is 30.1 Å². The molecule has 204 valence electrons. The van der Waals surface area contributed by atoms with Crippen molar-refractivity contribution >= 4 is 18.0 Å². The zero-order chi connectivity index (χ0) is 27.7. The number of carbonyl (C=O) groups is 3. The monoisotopic (exact) mass is 530 g/mol. The molecule has 0 radical (unpaired) electrons. The van der Waals surface area contributed by atoms with Gasteiger partial charge in [-0.25, -0.2) is 14.4 Å². The van der Waals surface area contributed by atoms with Crippen molar-refractivity contribution in [1.82, 2.24) is 19.7 Å². The van der Waals surface area contributed by atoms with Crippen molar-refractivity contribution in [2.45, 2.75) is 38.2 Å². The molecule has 2 N–H and O–H groups in total. The van der Waals surface area contributed by atoms with Crippen LogP contribution in [0.5, 0.6) is 0 Å². The van der Waals surface area contributed by atoms with E-state index >= 15 is 0 Å². The van der Waals surface area contributed by atoms with Crippen LogP contribution in [0, 0.1) is 5.41 Å². The largest absolute Gasteiger partial charge is 0.490 e. The second-order valence-electron chi connectivity index (χ2n) is 8.59. The number of amides is 2. The normalized spacial score (nSPS) is 20.1. The Morgan fingerprint density at radius 1 is 0.972 bits per heavy atom. The molecule has 0 saturated carbocycles. The summed E-state index contributed by atoms with van der Waals surface area (Å²) in [6, 6.07) is 6.26. The van der Waals surface area contributed by atoms with E-state index in [0.29, 0.717) is 5.41 Å². The van der Waals surface area contributed by atoms with Gasteiger partial charge in [0.1, 0.15) is 0 Å². The molecule has 2 fully saturated rings. The minimum absolute atomic E-state index is 0.152. The fourth-order valence-corrected chi connectivity index (χ4v) is 3.88. The van der Waals surface area contributed by atoms with Crippen LogP contribution < -0.4 is 0 Å². The van der Waals surface area contributed by atoms with Crippen LogP contribution in [0.15, 0.2) is 24.4 Å². The number of aromatic nitrogens is 1. The van der Waals surface area contributed by atoms with Crippen LogP contribution >= 0.6 is 0 Å². The molecule has 3 heterocycles. The first-order valence-corrected chi connectivity index (χ1v) is 10.7. The van der Waals surface area contributed by atoms with E-state index in [4.69, 9.17) is 19.8 Å². The second kappa shape index (κ2) is 12.7. The minimum Gasteiger partial charge on any atom is -0.475 e. The zero-order valence-electron chi connectivity index (χ0n) is 19.6. The third-order valence-corrected chi connectivity index (χ3v) is 5.43. The fraction of sp³-hybridized carbons (Fsp3) is 0.619. The maximum absolute atomic E-state index is 12.2. The van der Waals surface area contributed by atoms with Crippen molar-refractivity contribution in [2.24, 2.45) is 5.41 Å². The van der Waals surface area contributed by atoms with E-state index in [1.807, 2.05) is 31.3 Å². The summed E-state index contributed by atoms with van der Waals surface area (Å²) in [7, 11) is 3.67. The highest BCUT2D eigenvalue weighted by atomic mass is 19.4. The number of aliphatic carboxylic acids is 2. The molecule has 2 aliphatic rings. The average Bonchev–Trinajstić information content (AvgIpc) is 3.16. The standard InChI is InChI=1S/C17H26N4O.2C2HF3O2/c1-19(2)16(22)21-11-8-17(14-21)7-5-10-20(13-17)12-15-6-3-4-9-18-15;2*3-2(4,5)1(6)7/h3-4,6,9H,5,7-8,10-14H2,1-2H3;2*(H,6,7). The topological polar surface area (TPSA) is 114 Å². The Morgan fingerprint density at radius 3 is 1.97 bits per heavy atom. The molecule has 2 aliphatic heterocycles. The van der Waals surface area contributed by atoms with E-state index < -0.39 is 24.3 Å². The van der Waals surface area contributed by atoms with Gasteiger partial charge in [0, 0.05) is 51.9 Å². The molecule has 0 bridgehead atoms. The van der Waals surface area contributed by atoms with Gasteiger partial charge >= 0.3 is 30.3 Å². The Labute approximate surface area is 203 Å². The summed E-state index contributed by atoms with van der Waals surface area (Å²) in [5, 5.41) is 14.2. The molecule has 2 amide bonds. The number of hydrogen-bond donors (Lipinski definition) is 2. The molecule has 1 atom stereocenters. The molecule has 2 saturated heterocycles. The number of piperidine rings is 1. The molecule has 1 aromatic rings. The van der Waals surface area contributed by atoms with Gasteiger partial charge in [-0.2, -0.15) is 26.3 Å². The summed E-state index contributed by atoms with van der Waals surface area (Å²) < 4.78 is 63.5. The Bertz CT molecular complexity index is 858. The van der Waals surface area contributed by atoms with Crippen LogP contribution in [0.1, 0.15) is 25.0 Å². The first-order chi connectivity index (χ1) is 16.5. The molecule has 0 aliphatic carbocycles. The van der Waals surface area contributed by atoms with E-state index in [9.17, 15) is 31.1 Å². The molecule has 15 heteroatoms. The van der Waals surface area contributed by atoms with Gasteiger partial charge in [-0.05, 0) is 37.9 Å². The van der Waals surface area contributed by atoms with Gasteiger partial charge in [-0.15, -0.1) is 0 Å². The number of pyridine rings is 1. The predicted molar refractivity (Wildman–Crippen MR) is 114 cm³/mol. The summed E-state index contributed by atoms with van der Waals surface area (Å²) in [4.78, 5) is 40.6. The number of carbonyl (C=O) groups excluding carboxylic acids is 1. The number of rotatable bonds is 2. The Hall–Kier alpha value is -3.10. The van der Waals surface area contributed by atoms with Gasteiger partial charge in [-0.1, -0.05) is 6.07 Å². The van der Waals surface area contributed by atoms with E-state index in [1.165, 1.54) is 12.8 Å². The van der Waals surface area contributed by atoms with Crippen LogP contribution in [-0.2, 0) is 16.1 Å². The van der Waals surface area contributed by atoms with Gasteiger partial charge in [0.05, 0.1) is 5.69 Å². The molecular formula is C21H28F6N4O5. The van der Waals surface area contributed by atoms with Crippen molar-refractivity contribution in [3.63, 3.8) is 0 Å². The van der Waals surface area contributed by atoms with Crippen LogP contribution in [0.3, 0.4) is 0 Å². The van der Waals surface area contributed by atoms with Crippen LogP contribution in [0.4, 0.5) is 31.1 Å².